The minimum Gasteiger partial charge on any atom is -0.466 e. The number of esters is 1. The first-order valence-corrected chi connectivity index (χ1v) is 6.19. The van der Waals surface area contributed by atoms with Crippen molar-refractivity contribution in [3.8, 4) is 0 Å². The monoisotopic (exact) mass is 252 g/mol. The van der Waals surface area contributed by atoms with Crippen LogP contribution in [-0.4, -0.2) is 28.1 Å². The van der Waals surface area contributed by atoms with Crippen LogP contribution in [0.3, 0.4) is 0 Å². The average Bonchev–Trinajstić information content (AvgIpc) is 2.53. The highest BCUT2D eigenvalue weighted by Gasteiger charge is 2.15. The van der Waals surface area contributed by atoms with Crippen molar-refractivity contribution in [2.45, 2.75) is 47.1 Å². The Kier molecular flexibility index (Phi) is 5.07. The van der Waals surface area contributed by atoms with E-state index in [2.05, 4.69) is 12.0 Å². The fourth-order valence-electron chi connectivity index (χ4n) is 2.00. The Morgan fingerprint density at radius 2 is 1.94 bits per heavy atom. The highest BCUT2D eigenvalue weighted by atomic mass is 16.5. The smallest absolute Gasteiger partial charge is 0.313 e. The van der Waals surface area contributed by atoms with Gasteiger partial charge in [-0.05, 0) is 32.8 Å². The highest BCUT2D eigenvalue weighted by molar-refractivity contribution is 5.95. The highest BCUT2D eigenvalue weighted by Crippen LogP contribution is 2.13. The summed E-state index contributed by atoms with van der Waals surface area (Å²) in [7, 11) is 0. The molecule has 0 aliphatic rings. The first-order valence-electron chi connectivity index (χ1n) is 6.19. The van der Waals surface area contributed by atoms with Crippen LogP contribution < -0.4 is 0 Å². The van der Waals surface area contributed by atoms with Crippen LogP contribution in [0.1, 0.15) is 37.2 Å². The Hall–Kier alpha value is -1.65. The normalized spacial score (nSPS) is 10.4. The molecule has 5 heteroatoms. The Morgan fingerprint density at radius 1 is 1.28 bits per heavy atom. The number of hydrogen-bond acceptors (Lipinski definition) is 4. The van der Waals surface area contributed by atoms with E-state index in [1.807, 2.05) is 13.8 Å². The van der Waals surface area contributed by atoms with Crippen molar-refractivity contribution in [3.63, 3.8) is 0 Å². The molecule has 0 atom stereocenters. The minimum atomic E-state index is -0.472. The van der Waals surface area contributed by atoms with Gasteiger partial charge in [0.2, 0.25) is 0 Å². The van der Waals surface area contributed by atoms with E-state index >= 15 is 0 Å². The molecule has 1 aromatic rings. The first-order chi connectivity index (χ1) is 8.49. The molecule has 18 heavy (non-hydrogen) atoms. The largest absolute Gasteiger partial charge is 0.466 e. The van der Waals surface area contributed by atoms with E-state index in [1.54, 1.807) is 11.6 Å². The number of ketones is 1. The topological polar surface area (TPSA) is 61.2 Å². The molecule has 0 N–H and O–H groups in total. The van der Waals surface area contributed by atoms with Gasteiger partial charge >= 0.3 is 5.97 Å². The van der Waals surface area contributed by atoms with Gasteiger partial charge < -0.3 is 4.74 Å². The summed E-state index contributed by atoms with van der Waals surface area (Å²) >= 11 is 0. The zero-order valence-corrected chi connectivity index (χ0v) is 11.4. The zero-order chi connectivity index (χ0) is 13.7. The molecule has 0 spiro atoms. The SMILES string of the molecule is CCOC(=O)CC(=O)Cn1nc(C)c(CC)c1C. The number of carbonyl (C=O) groups excluding carboxylic acids is 2. The summed E-state index contributed by atoms with van der Waals surface area (Å²) < 4.78 is 6.40. The summed E-state index contributed by atoms with van der Waals surface area (Å²) in [5.74, 6) is -0.651. The Bertz CT molecular complexity index is 449. The van der Waals surface area contributed by atoms with Crippen LogP contribution in [0.4, 0.5) is 0 Å². The maximum atomic E-state index is 11.7. The van der Waals surface area contributed by atoms with Gasteiger partial charge in [-0.3, -0.25) is 14.3 Å². The lowest BCUT2D eigenvalue weighted by Crippen LogP contribution is -2.18. The molecule has 100 valence electrons. The number of carbonyl (C=O) groups is 2. The summed E-state index contributed by atoms with van der Waals surface area (Å²) in [6, 6.07) is 0. The molecule has 0 aliphatic heterocycles. The average molecular weight is 252 g/mol. The Morgan fingerprint density at radius 3 is 2.44 bits per heavy atom. The van der Waals surface area contributed by atoms with Crippen molar-refractivity contribution in [2.24, 2.45) is 0 Å². The van der Waals surface area contributed by atoms with Crippen LogP contribution in [-0.2, 0) is 27.3 Å². The zero-order valence-electron chi connectivity index (χ0n) is 11.4. The maximum Gasteiger partial charge on any atom is 0.313 e. The second kappa shape index (κ2) is 6.33. The fourth-order valence-corrected chi connectivity index (χ4v) is 2.00. The summed E-state index contributed by atoms with van der Waals surface area (Å²) in [5, 5.41) is 4.32. The molecule has 0 saturated heterocycles. The lowest BCUT2D eigenvalue weighted by atomic mass is 10.1. The van der Waals surface area contributed by atoms with Crippen LogP contribution in [0.2, 0.25) is 0 Å². The van der Waals surface area contributed by atoms with Gasteiger partial charge in [0, 0.05) is 5.69 Å². The summed E-state index contributed by atoms with van der Waals surface area (Å²) in [4.78, 5) is 22.9. The number of hydrogen-bond donors (Lipinski definition) is 0. The molecular weight excluding hydrogens is 232 g/mol. The van der Waals surface area contributed by atoms with E-state index in [-0.39, 0.29) is 18.7 Å². The van der Waals surface area contributed by atoms with Crippen molar-refractivity contribution in [1.29, 1.82) is 0 Å². The van der Waals surface area contributed by atoms with E-state index in [1.165, 1.54) is 5.56 Å². The van der Waals surface area contributed by atoms with Crippen molar-refractivity contribution in [2.75, 3.05) is 6.61 Å². The molecule has 1 aromatic heterocycles. The van der Waals surface area contributed by atoms with Crippen LogP contribution in [0, 0.1) is 13.8 Å². The van der Waals surface area contributed by atoms with Crippen LogP contribution >= 0.6 is 0 Å². The third kappa shape index (κ3) is 3.42. The number of rotatable bonds is 6. The summed E-state index contributed by atoms with van der Waals surface area (Å²) in [6.45, 7) is 8.07. The molecular formula is C13H20N2O3. The molecule has 0 bridgehead atoms. The molecule has 0 radical (unpaired) electrons. The van der Waals surface area contributed by atoms with Crippen molar-refractivity contribution < 1.29 is 14.3 Å². The predicted octanol–water partition coefficient (Wildman–Crippen LogP) is 1.58. The van der Waals surface area contributed by atoms with Gasteiger partial charge in [-0.15, -0.1) is 0 Å². The van der Waals surface area contributed by atoms with Gasteiger partial charge in [-0.1, -0.05) is 6.92 Å². The lowest BCUT2D eigenvalue weighted by Gasteiger charge is -2.04. The summed E-state index contributed by atoms with van der Waals surface area (Å²) in [5.41, 5.74) is 3.10. The Labute approximate surface area is 107 Å². The second-order valence-electron chi connectivity index (χ2n) is 4.18. The minimum absolute atomic E-state index is 0.130. The number of aromatic nitrogens is 2. The van der Waals surface area contributed by atoms with Crippen molar-refractivity contribution in [3.05, 3.63) is 17.0 Å². The number of nitrogens with zero attached hydrogens (tertiary/aromatic N) is 2. The molecule has 0 unspecified atom stereocenters. The van der Waals surface area contributed by atoms with Gasteiger partial charge in [0.15, 0.2) is 5.78 Å². The Balaban J connectivity index is 2.68. The van der Waals surface area contributed by atoms with E-state index in [0.717, 1.165) is 17.8 Å². The molecule has 0 amide bonds. The van der Waals surface area contributed by atoms with E-state index in [9.17, 15) is 9.59 Å². The molecule has 1 rings (SSSR count). The van der Waals surface area contributed by atoms with Crippen LogP contribution in [0.15, 0.2) is 0 Å². The molecule has 1 heterocycles. The third-order valence-corrected chi connectivity index (χ3v) is 2.86. The number of aryl methyl sites for hydroxylation is 1. The van der Waals surface area contributed by atoms with E-state index in [4.69, 9.17) is 4.74 Å². The van der Waals surface area contributed by atoms with E-state index in [0.29, 0.717) is 6.61 Å². The van der Waals surface area contributed by atoms with Gasteiger partial charge in [0.05, 0.1) is 12.3 Å². The molecule has 0 aliphatic carbocycles. The summed E-state index contributed by atoms with van der Waals surface area (Å²) in [6.07, 6.45) is 0.706. The molecule has 0 fully saturated rings. The molecule has 5 nitrogen and oxygen atoms in total. The first kappa shape index (κ1) is 14.4. The van der Waals surface area contributed by atoms with Gasteiger partial charge in [-0.2, -0.15) is 5.10 Å². The molecule has 0 saturated carbocycles. The van der Waals surface area contributed by atoms with Gasteiger partial charge in [0.1, 0.15) is 13.0 Å². The van der Waals surface area contributed by atoms with Crippen LogP contribution in [0.25, 0.3) is 0 Å². The second-order valence-corrected chi connectivity index (χ2v) is 4.18. The van der Waals surface area contributed by atoms with E-state index < -0.39 is 5.97 Å². The quantitative estimate of drug-likeness (QED) is 0.569. The number of ether oxygens (including phenoxy) is 1. The number of Topliss-reactive ketones (excluding diaryl/α,β-unsaturated/α-hetero) is 1. The lowest BCUT2D eigenvalue weighted by molar-refractivity contribution is -0.145. The molecule has 0 aromatic carbocycles. The van der Waals surface area contributed by atoms with Gasteiger partial charge in [0.25, 0.3) is 0 Å². The van der Waals surface area contributed by atoms with Crippen molar-refractivity contribution >= 4 is 11.8 Å². The van der Waals surface area contributed by atoms with Gasteiger partial charge in [-0.25, -0.2) is 0 Å². The third-order valence-electron chi connectivity index (χ3n) is 2.86. The standard InChI is InChI=1S/C13H20N2O3/c1-5-12-9(3)14-15(10(12)4)8-11(16)7-13(17)18-6-2/h5-8H2,1-4H3. The van der Waals surface area contributed by atoms with Crippen molar-refractivity contribution in [1.82, 2.24) is 9.78 Å². The van der Waals surface area contributed by atoms with Crippen LogP contribution in [0.5, 0.6) is 0 Å². The predicted molar refractivity (Wildman–Crippen MR) is 67.3 cm³/mol. The maximum absolute atomic E-state index is 11.7. The fraction of sp³-hybridized carbons (Fsp3) is 0.615.